The molecule has 1 heterocycles. The lowest BCUT2D eigenvalue weighted by Crippen LogP contribution is -2.36. The van der Waals surface area contributed by atoms with Crippen molar-refractivity contribution >= 4 is 0 Å². The summed E-state index contributed by atoms with van der Waals surface area (Å²) in [4.78, 5) is 2.47. The van der Waals surface area contributed by atoms with E-state index in [2.05, 4.69) is 4.90 Å². The maximum Gasteiger partial charge on any atom is 0.0594 e. The van der Waals surface area contributed by atoms with Crippen LogP contribution in [0.3, 0.4) is 0 Å². The van der Waals surface area contributed by atoms with Crippen LogP contribution in [0, 0.1) is 0 Å². The first-order valence-corrected chi connectivity index (χ1v) is 6.31. The first kappa shape index (κ1) is 12.9. The monoisotopic (exact) mass is 215 g/mol. The molecule has 1 unspecified atom stereocenters. The molecule has 1 aliphatic rings. The fourth-order valence-corrected chi connectivity index (χ4v) is 1.92. The van der Waals surface area contributed by atoms with Gasteiger partial charge in [0, 0.05) is 13.1 Å². The van der Waals surface area contributed by atoms with Gasteiger partial charge in [0.2, 0.25) is 0 Å². The predicted octanol–water partition coefficient (Wildman–Crippen LogP) is 1.65. The van der Waals surface area contributed by atoms with Gasteiger partial charge >= 0.3 is 0 Å². The van der Waals surface area contributed by atoms with Gasteiger partial charge in [0.15, 0.2) is 0 Å². The van der Waals surface area contributed by atoms with E-state index in [1.807, 2.05) is 6.92 Å². The van der Waals surface area contributed by atoms with E-state index in [1.165, 1.54) is 25.8 Å². The quantitative estimate of drug-likeness (QED) is 0.655. The normalized spacial score (nSPS) is 20.4. The van der Waals surface area contributed by atoms with E-state index < -0.39 is 0 Å². The molecule has 0 spiro atoms. The molecule has 15 heavy (non-hydrogen) atoms. The summed E-state index contributed by atoms with van der Waals surface area (Å²) in [6.07, 6.45) is 5.46. The number of unbranched alkanes of at least 4 members (excludes halogenated alkanes) is 2. The highest BCUT2D eigenvalue weighted by Crippen LogP contribution is 2.07. The number of aliphatic hydroxyl groups excluding tert-OH is 1. The van der Waals surface area contributed by atoms with Crippen molar-refractivity contribution in [3.63, 3.8) is 0 Å². The fraction of sp³-hybridized carbons (Fsp3) is 1.00. The largest absolute Gasteiger partial charge is 0.393 e. The Kier molecular flexibility index (Phi) is 6.98. The minimum absolute atomic E-state index is 0.0756. The van der Waals surface area contributed by atoms with E-state index in [4.69, 9.17) is 4.74 Å². The molecule has 3 heteroatoms. The Labute approximate surface area is 93.4 Å². The van der Waals surface area contributed by atoms with Gasteiger partial charge in [-0.3, -0.25) is 4.90 Å². The zero-order valence-electron chi connectivity index (χ0n) is 9.95. The van der Waals surface area contributed by atoms with E-state index in [9.17, 15) is 5.11 Å². The molecule has 1 saturated heterocycles. The van der Waals surface area contributed by atoms with E-state index in [1.54, 1.807) is 0 Å². The molecule has 90 valence electrons. The number of hydrogen-bond donors (Lipinski definition) is 1. The zero-order chi connectivity index (χ0) is 10.9. The summed E-state index contributed by atoms with van der Waals surface area (Å²) >= 11 is 0. The Bertz CT molecular complexity index is 147. The van der Waals surface area contributed by atoms with Crippen LogP contribution >= 0.6 is 0 Å². The zero-order valence-corrected chi connectivity index (χ0v) is 9.95. The number of morpholine rings is 1. The summed E-state index contributed by atoms with van der Waals surface area (Å²) in [5, 5.41) is 9.38. The first-order valence-electron chi connectivity index (χ1n) is 6.31. The molecular weight excluding hydrogens is 190 g/mol. The lowest BCUT2D eigenvalue weighted by atomic mass is 10.1. The average Bonchev–Trinajstić information content (AvgIpc) is 2.29. The molecule has 1 fully saturated rings. The van der Waals surface area contributed by atoms with E-state index in [-0.39, 0.29) is 6.10 Å². The molecule has 0 aromatic carbocycles. The van der Waals surface area contributed by atoms with Crippen LogP contribution in [-0.2, 0) is 4.74 Å². The topological polar surface area (TPSA) is 32.7 Å². The highest BCUT2D eigenvalue weighted by Gasteiger charge is 2.09. The Morgan fingerprint density at radius 3 is 2.60 bits per heavy atom. The third-order valence-corrected chi connectivity index (χ3v) is 3.09. The highest BCUT2D eigenvalue weighted by atomic mass is 16.5. The first-order chi connectivity index (χ1) is 7.33. The van der Waals surface area contributed by atoms with E-state index in [0.717, 1.165) is 39.1 Å². The Morgan fingerprint density at radius 1 is 1.20 bits per heavy atom. The summed E-state index contributed by atoms with van der Waals surface area (Å²) in [7, 11) is 0. The van der Waals surface area contributed by atoms with Crippen molar-refractivity contribution in [3.05, 3.63) is 0 Å². The molecule has 0 aliphatic carbocycles. The molecular formula is C12H25NO2. The van der Waals surface area contributed by atoms with Gasteiger partial charge in [-0.1, -0.05) is 19.8 Å². The molecule has 0 bridgehead atoms. The summed E-state index contributed by atoms with van der Waals surface area (Å²) in [6, 6.07) is 0. The van der Waals surface area contributed by atoms with Crippen molar-refractivity contribution < 1.29 is 9.84 Å². The average molecular weight is 215 g/mol. The number of nitrogens with zero attached hydrogens (tertiary/aromatic N) is 1. The SMILES string of the molecule is CCC(O)CCCCCN1CCOCC1. The van der Waals surface area contributed by atoms with Gasteiger partial charge in [-0.05, 0) is 25.8 Å². The lowest BCUT2D eigenvalue weighted by Gasteiger charge is -2.26. The van der Waals surface area contributed by atoms with Crippen LogP contribution in [0.15, 0.2) is 0 Å². The van der Waals surface area contributed by atoms with Crippen LogP contribution in [0.25, 0.3) is 0 Å². The maximum absolute atomic E-state index is 9.38. The third-order valence-electron chi connectivity index (χ3n) is 3.09. The molecule has 1 rings (SSSR count). The lowest BCUT2D eigenvalue weighted by molar-refractivity contribution is 0.0370. The molecule has 1 N–H and O–H groups in total. The molecule has 1 aliphatic heterocycles. The fourth-order valence-electron chi connectivity index (χ4n) is 1.92. The molecule has 0 saturated carbocycles. The van der Waals surface area contributed by atoms with Crippen molar-refractivity contribution in [2.45, 2.75) is 45.1 Å². The van der Waals surface area contributed by atoms with Crippen LogP contribution in [0.1, 0.15) is 39.0 Å². The Morgan fingerprint density at radius 2 is 1.93 bits per heavy atom. The van der Waals surface area contributed by atoms with Gasteiger partial charge in [-0.2, -0.15) is 0 Å². The molecule has 0 aromatic rings. The second kappa shape index (κ2) is 8.08. The molecule has 0 aromatic heterocycles. The minimum Gasteiger partial charge on any atom is -0.393 e. The molecule has 0 amide bonds. The summed E-state index contributed by atoms with van der Waals surface area (Å²) in [6.45, 7) is 7.22. The minimum atomic E-state index is -0.0756. The molecule has 0 radical (unpaired) electrons. The third kappa shape index (κ3) is 6.13. The molecule has 3 nitrogen and oxygen atoms in total. The van der Waals surface area contributed by atoms with Crippen molar-refractivity contribution in [3.8, 4) is 0 Å². The summed E-state index contributed by atoms with van der Waals surface area (Å²) < 4.78 is 5.30. The summed E-state index contributed by atoms with van der Waals surface area (Å²) in [5.41, 5.74) is 0. The number of rotatable bonds is 7. The Hall–Kier alpha value is -0.120. The standard InChI is InChI=1S/C12H25NO2/c1-2-12(14)6-4-3-5-7-13-8-10-15-11-9-13/h12,14H,2-11H2,1H3. The van der Waals surface area contributed by atoms with Gasteiger partial charge in [-0.15, -0.1) is 0 Å². The van der Waals surface area contributed by atoms with Crippen molar-refractivity contribution in [1.29, 1.82) is 0 Å². The molecule has 1 atom stereocenters. The van der Waals surface area contributed by atoms with Crippen LogP contribution in [0.5, 0.6) is 0 Å². The van der Waals surface area contributed by atoms with Crippen LogP contribution < -0.4 is 0 Å². The van der Waals surface area contributed by atoms with Crippen LogP contribution in [0.4, 0.5) is 0 Å². The van der Waals surface area contributed by atoms with Crippen molar-refractivity contribution in [2.24, 2.45) is 0 Å². The van der Waals surface area contributed by atoms with Crippen molar-refractivity contribution in [1.82, 2.24) is 4.90 Å². The number of hydrogen-bond acceptors (Lipinski definition) is 3. The second-order valence-corrected chi connectivity index (χ2v) is 4.37. The maximum atomic E-state index is 9.38. The van der Waals surface area contributed by atoms with Gasteiger partial charge in [0.05, 0.1) is 19.3 Å². The predicted molar refractivity (Wildman–Crippen MR) is 62.0 cm³/mol. The van der Waals surface area contributed by atoms with Crippen LogP contribution in [0.2, 0.25) is 0 Å². The van der Waals surface area contributed by atoms with Gasteiger partial charge in [0.25, 0.3) is 0 Å². The number of ether oxygens (including phenoxy) is 1. The van der Waals surface area contributed by atoms with E-state index >= 15 is 0 Å². The number of aliphatic hydroxyl groups is 1. The van der Waals surface area contributed by atoms with Gasteiger partial charge in [0.1, 0.15) is 0 Å². The summed E-state index contributed by atoms with van der Waals surface area (Å²) in [5.74, 6) is 0. The van der Waals surface area contributed by atoms with E-state index in [0.29, 0.717) is 0 Å². The van der Waals surface area contributed by atoms with Crippen LogP contribution in [-0.4, -0.2) is 49.0 Å². The van der Waals surface area contributed by atoms with Crippen molar-refractivity contribution in [2.75, 3.05) is 32.8 Å². The Balaban J connectivity index is 1.87. The second-order valence-electron chi connectivity index (χ2n) is 4.37. The smallest absolute Gasteiger partial charge is 0.0594 e. The highest BCUT2D eigenvalue weighted by molar-refractivity contribution is 4.62. The van der Waals surface area contributed by atoms with Gasteiger partial charge in [-0.25, -0.2) is 0 Å². The van der Waals surface area contributed by atoms with Gasteiger partial charge < -0.3 is 9.84 Å².